The molecule has 2 amide bonds. The predicted molar refractivity (Wildman–Crippen MR) is 100 cm³/mol. The number of hydrazine groups is 2. The number of amides is 2. The number of aryl methyl sites for hydroxylation is 2. The van der Waals surface area contributed by atoms with Gasteiger partial charge in [-0.1, -0.05) is 30.7 Å². The summed E-state index contributed by atoms with van der Waals surface area (Å²) >= 11 is 0. The van der Waals surface area contributed by atoms with Gasteiger partial charge in [0.1, 0.15) is 12.4 Å². The maximum absolute atomic E-state index is 13.3. The fraction of sp³-hybridized carbons (Fsp3) is 0.316. The number of urea groups is 1. The molecule has 0 saturated carbocycles. The van der Waals surface area contributed by atoms with E-state index in [0.717, 1.165) is 21.6 Å². The maximum Gasteiger partial charge on any atom is 0.419 e. The highest BCUT2D eigenvalue weighted by molar-refractivity contribution is 5.91. The van der Waals surface area contributed by atoms with Crippen molar-refractivity contribution in [2.24, 2.45) is 11.7 Å². The first-order valence-corrected chi connectivity index (χ1v) is 8.54. The van der Waals surface area contributed by atoms with Crippen molar-refractivity contribution in [1.29, 1.82) is 0 Å². The lowest BCUT2D eigenvalue weighted by Crippen LogP contribution is -2.49. The molecule has 0 radical (unpaired) electrons. The molecule has 0 aliphatic carbocycles. The topological polar surface area (TPSA) is 84.8 Å². The summed E-state index contributed by atoms with van der Waals surface area (Å²) in [6.07, 6.45) is -3.97. The van der Waals surface area contributed by atoms with Crippen LogP contribution < -0.4 is 21.4 Å². The van der Waals surface area contributed by atoms with Crippen molar-refractivity contribution >= 4 is 11.7 Å². The van der Waals surface area contributed by atoms with E-state index in [4.69, 9.17) is 16.4 Å². The van der Waals surface area contributed by atoms with Gasteiger partial charge in [0.05, 0.1) is 11.3 Å². The van der Waals surface area contributed by atoms with Crippen LogP contribution in [0.15, 0.2) is 36.4 Å². The third-order valence-electron chi connectivity index (χ3n) is 4.21. The number of benzene rings is 2. The summed E-state index contributed by atoms with van der Waals surface area (Å²) in [4.78, 5) is 12.1. The summed E-state index contributed by atoms with van der Waals surface area (Å²) in [6.45, 7) is 3.26. The first-order chi connectivity index (χ1) is 13.1. The van der Waals surface area contributed by atoms with Crippen molar-refractivity contribution in [2.75, 3.05) is 12.1 Å². The lowest BCUT2D eigenvalue weighted by atomic mass is 10.0. The minimum atomic E-state index is -4.55. The SMILES string of the molecule is CCc1cccc(N(N)C(=O)N(C)N)c1COc1ccc(C)cc1C(F)(F)F. The smallest absolute Gasteiger partial charge is 0.419 e. The van der Waals surface area contributed by atoms with Gasteiger partial charge in [-0.2, -0.15) is 13.2 Å². The molecule has 2 aromatic carbocycles. The molecule has 9 heteroatoms. The molecule has 0 spiro atoms. The minimum absolute atomic E-state index is 0.194. The molecule has 0 unspecified atom stereocenters. The second-order valence-electron chi connectivity index (χ2n) is 6.32. The zero-order valence-corrected chi connectivity index (χ0v) is 15.9. The van der Waals surface area contributed by atoms with Crippen LogP contribution in [-0.2, 0) is 19.2 Å². The molecule has 0 aliphatic rings. The normalized spacial score (nSPS) is 11.3. The molecule has 0 atom stereocenters. The van der Waals surface area contributed by atoms with E-state index in [-0.39, 0.29) is 12.4 Å². The van der Waals surface area contributed by atoms with Crippen LogP contribution in [0.3, 0.4) is 0 Å². The van der Waals surface area contributed by atoms with Crippen molar-refractivity contribution in [3.8, 4) is 5.75 Å². The molecule has 4 N–H and O–H groups in total. The van der Waals surface area contributed by atoms with Gasteiger partial charge in [0, 0.05) is 12.6 Å². The number of hydrogen-bond acceptors (Lipinski definition) is 4. The Labute approximate surface area is 161 Å². The summed E-state index contributed by atoms with van der Waals surface area (Å²) in [5.41, 5.74) is 1.23. The van der Waals surface area contributed by atoms with E-state index >= 15 is 0 Å². The molecule has 0 bridgehead atoms. The number of anilines is 1. The Morgan fingerprint density at radius 3 is 2.43 bits per heavy atom. The number of rotatable bonds is 5. The van der Waals surface area contributed by atoms with Crippen molar-refractivity contribution in [1.82, 2.24) is 5.01 Å². The molecule has 0 saturated heterocycles. The van der Waals surface area contributed by atoms with Gasteiger partial charge in [-0.05, 0) is 37.1 Å². The zero-order valence-electron chi connectivity index (χ0n) is 15.9. The van der Waals surface area contributed by atoms with Crippen LogP contribution in [0.1, 0.15) is 29.2 Å². The summed E-state index contributed by atoms with van der Waals surface area (Å²) in [5.74, 6) is 11.0. The molecule has 0 aliphatic heterocycles. The van der Waals surface area contributed by atoms with Crippen LogP contribution in [0.2, 0.25) is 0 Å². The molecule has 0 fully saturated rings. The zero-order chi connectivity index (χ0) is 21.1. The van der Waals surface area contributed by atoms with Gasteiger partial charge < -0.3 is 4.74 Å². The van der Waals surface area contributed by atoms with Crippen LogP contribution in [-0.4, -0.2) is 18.1 Å². The fourth-order valence-electron chi connectivity index (χ4n) is 2.76. The molecular weight excluding hydrogens is 373 g/mol. The van der Waals surface area contributed by atoms with E-state index < -0.39 is 17.8 Å². The number of carbonyl (C=O) groups is 1. The van der Waals surface area contributed by atoms with Crippen LogP contribution in [0, 0.1) is 6.92 Å². The number of halogens is 3. The molecule has 0 aromatic heterocycles. The Kier molecular flexibility index (Phi) is 6.52. The van der Waals surface area contributed by atoms with Gasteiger partial charge in [-0.3, -0.25) is 5.01 Å². The van der Waals surface area contributed by atoms with Crippen LogP contribution in [0.5, 0.6) is 5.75 Å². The first-order valence-electron chi connectivity index (χ1n) is 8.54. The summed E-state index contributed by atoms with van der Waals surface area (Å²) in [5, 5.41) is 1.66. The van der Waals surface area contributed by atoms with E-state index in [1.165, 1.54) is 13.1 Å². The van der Waals surface area contributed by atoms with E-state index in [0.29, 0.717) is 23.2 Å². The summed E-state index contributed by atoms with van der Waals surface area (Å²) in [7, 11) is 1.34. The van der Waals surface area contributed by atoms with Crippen molar-refractivity contribution in [3.05, 3.63) is 58.7 Å². The molecule has 0 heterocycles. The first kappa shape index (κ1) is 21.5. The maximum atomic E-state index is 13.3. The standard InChI is InChI=1S/C19H23F3N4O2/c1-4-13-6-5-7-16(26(24)18(27)25(3)23)14(13)11-28-17-9-8-12(2)10-15(17)19(20,21)22/h5-10H,4,11,23-24H2,1-3H3. The quantitative estimate of drug-likeness (QED) is 0.458. The average Bonchev–Trinajstić information content (AvgIpc) is 2.64. The predicted octanol–water partition coefficient (Wildman–Crippen LogP) is 3.76. The molecule has 2 rings (SSSR count). The van der Waals surface area contributed by atoms with E-state index in [1.807, 2.05) is 6.92 Å². The lowest BCUT2D eigenvalue weighted by Gasteiger charge is -2.25. The number of ether oxygens (including phenoxy) is 1. The minimum Gasteiger partial charge on any atom is -0.488 e. The van der Waals surface area contributed by atoms with Gasteiger partial charge >= 0.3 is 12.2 Å². The largest absolute Gasteiger partial charge is 0.488 e. The summed E-state index contributed by atoms with van der Waals surface area (Å²) in [6, 6.07) is 8.26. The number of alkyl halides is 3. The highest BCUT2D eigenvalue weighted by atomic mass is 19.4. The lowest BCUT2D eigenvalue weighted by molar-refractivity contribution is -0.139. The third-order valence-corrected chi connectivity index (χ3v) is 4.21. The summed E-state index contributed by atoms with van der Waals surface area (Å²) < 4.78 is 45.5. The monoisotopic (exact) mass is 396 g/mol. The van der Waals surface area contributed by atoms with Gasteiger partial charge in [0.15, 0.2) is 0 Å². The van der Waals surface area contributed by atoms with Crippen molar-refractivity contribution < 1.29 is 22.7 Å². The Balaban J connectivity index is 2.41. The van der Waals surface area contributed by atoms with E-state index in [2.05, 4.69) is 0 Å². The van der Waals surface area contributed by atoms with Crippen molar-refractivity contribution in [3.63, 3.8) is 0 Å². The molecule has 6 nitrogen and oxygen atoms in total. The highest BCUT2D eigenvalue weighted by Gasteiger charge is 2.34. The Morgan fingerprint density at radius 2 is 1.86 bits per heavy atom. The second-order valence-corrected chi connectivity index (χ2v) is 6.32. The Bertz CT molecular complexity index is 854. The van der Waals surface area contributed by atoms with Gasteiger partial charge in [-0.25, -0.2) is 21.5 Å². The average molecular weight is 396 g/mol. The Morgan fingerprint density at radius 1 is 1.18 bits per heavy atom. The number of carbonyl (C=O) groups excluding carboxylic acids is 1. The molecule has 28 heavy (non-hydrogen) atoms. The van der Waals surface area contributed by atoms with E-state index in [1.54, 1.807) is 31.2 Å². The van der Waals surface area contributed by atoms with Crippen LogP contribution in [0.4, 0.5) is 23.7 Å². The number of nitrogens with zero attached hydrogens (tertiary/aromatic N) is 2. The highest BCUT2D eigenvalue weighted by Crippen LogP contribution is 2.37. The molecular formula is C19H23F3N4O2. The Hall–Kier alpha value is -2.78. The van der Waals surface area contributed by atoms with Crippen molar-refractivity contribution in [2.45, 2.75) is 33.1 Å². The second kappa shape index (κ2) is 8.49. The van der Waals surface area contributed by atoms with Crippen LogP contribution >= 0.6 is 0 Å². The van der Waals surface area contributed by atoms with Crippen LogP contribution in [0.25, 0.3) is 0 Å². The number of hydrogen-bond donors (Lipinski definition) is 2. The molecule has 152 valence electrons. The van der Waals surface area contributed by atoms with Gasteiger partial charge in [0.25, 0.3) is 0 Å². The third kappa shape index (κ3) is 4.73. The molecule has 2 aromatic rings. The fourth-order valence-corrected chi connectivity index (χ4v) is 2.76. The van der Waals surface area contributed by atoms with Gasteiger partial charge in [-0.15, -0.1) is 0 Å². The van der Waals surface area contributed by atoms with Gasteiger partial charge in [0.2, 0.25) is 0 Å². The number of nitrogens with two attached hydrogens (primary N) is 2. The van der Waals surface area contributed by atoms with E-state index in [9.17, 15) is 18.0 Å².